The first kappa shape index (κ1) is 22.0. The number of hydrogen-bond donors (Lipinski definition) is 0. The number of fused-ring (bicyclic) bond motifs is 1. The average molecular weight is 461 g/mol. The molecule has 3 heterocycles. The monoisotopic (exact) mass is 460 g/mol. The molecular weight excluding hydrogens is 440 g/mol. The summed E-state index contributed by atoms with van der Waals surface area (Å²) in [5.41, 5.74) is 0.782. The van der Waals surface area contributed by atoms with E-state index in [0.717, 1.165) is 28.1 Å². The lowest BCUT2D eigenvalue weighted by Crippen LogP contribution is -2.30. The Bertz CT molecular complexity index is 1110. The van der Waals surface area contributed by atoms with Crippen molar-refractivity contribution >= 4 is 62.4 Å². The zero-order valence-electron chi connectivity index (χ0n) is 16.3. The molecule has 0 saturated carbocycles. The number of methoxy groups -OCH3 is 1. The standard InChI is InChI=1S/C21H20N4O2S2.ClH/c1-27-17-6-2-7-18-20(17)23-21(29-18)25(12-4-11-24-13-10-22-15-24)19(26)9-8-16-5-3-14-28-16;/h2-3,5-10,13-15H,4,11-12H2,1H3;1H/b9-8+;. The van der Waals surface area contributed by atoms with Crippen LogP contribution in [0.25, 0.3) is 16.3 Å². The number of amides is 1. The lowest BCUT2D eigenvalue weighted by Gasteiger charge is -2.18. The minimum Gasteiger partial charge on any atom is -0.494 e. The summed E-state index contributed by atoms with van der Waals surface area (Å²) in [6, 6.07) is 9.77. The van der Waals surface area contributed by atoms with Gasteiger partial charge in [-0.15, -0.1) is 23.7 Å². The minimum absolute atomic E-state index is 0. The molecule has 9 heteroatoms. The van der Waals surface area contributed by atoms with Gasteiger partial charge in [-0.25, -0.2) is 9.97 Å². The molecule has 0 spiro atoms. The number of aromatic nitrogens is 3. The smallest absolute Gasteiger partial charge is 0.252 e. The predicted octanol–water partition coefficient (Wildman–Crippen LogP) is 5.12. The number of rotatable bonds is 8. The van der Waals surface area contributed by atoms with E-state index in [-0.39, 0.29) is 18.3 Å². The van der Waals surface area contributed by atoms with E-state index < -0.39 is 0 Å². The summed E-state index contributed by atoms with van der Waals surface area (Å²) in [4.78, 5) is 24.6. The molecule has 0 aliphatic rings. The van der Waals surface area contributed by atoms with E-state index in [1.165, 1.54) is 11.3 Å². The van der Waals surface area contributed by atoms with Crippen molar-refractivity contribution in [2.75, 3.05) is 18.6 Å². The van der Waals surface area contributed by atoms with Crippen molar-refractivity contribution < 1.29 is 9.53 Å². The molecule has 0 N–H and O–H groups in total. The fourth-order valence-corrected chi connectivity index (χ4v) is 4.58. The van der Waals surface area contributed by atoms with Crippen molar-refractivity contribution in [3.63, 3.8) is 0 Å². The lowest BCUT2D eigenvalue weighted by atomic mass is 10.3. The molecule has 0 saturated heterocycles. The zero-order valence-corrected chi connectivity index (χ0v) is 18.8. The molecule has 0 aliphatic heterocycles. The topological polar surface area (TPSA) is 60.2 Å². The number of thiazole rings is 1. The van der Waals surface area contributed by atoms with E-state index in [1.54, 1.807) is 41.9 Å². The average Bonchev–Trinajstić information content (AvgIpc) is 3.50. The first-order chi connectivity index (χ1) is 14.2. The maximum Gasteiger partial charge on any atom is 0.252 e. The Morgan fingerprint density at radius 1 is 1.30 bits per heavy atom. The van der Waals surface area contributed by atoms with E-state index >= 15 is 0 Å². The summed E-state index contributed by atoms with van der Waals surface area (Å²) < 4.78 is 8.43. The number of anilines is 1. The molecule has 0 bridgehead atoms. The Morgan fingerprint density at radius 3 is 2.93 bits per heavy atom. The van der Waals surface area contributed by atoms with Gasteiger partial charge in [0.2, 0.25) is 0 Å². The first-order valence-corrected chi connectivity index (χ1v) is 10.9. The van der Waals surface area contributed by atoms with Gasteiger partial charge >= 0.3 is 0 Å². The number of thiophene rings is 1. The van der Waals surface area contributed by atoms with Gasteiger partial charge in [-0.3, -0.25) is 9.69 Å². The van der Waals surface area contributed by atoms with E-state index in [2.05, 4.69) is 4.98 Å². The van der Waals surface area contributed by atoms with Gasteiger partial charge in [0.1, 0.15) is 11.3 Å². The van der Waals surface area contributed by atoms with Gasteiger partial charge < -0.3 is 9.30 Å². The number of nitrogens with zero attached hydrogens (tertiary/aromatic N) is 4. The molecule has 0 unspecified atom stereocenters. The van der Waals surface area contributed by atoms with Gasteiger partial charge in [0, 0.05) is 36.4 Å². The number of carbonyl (C=O) groups excluding carboxylic acids is 1. The van der Waals surface area contributed by atoms with E-state index in [1.807, 2.05) is 52.6 Å². The number of benzene rings is 1. The van der Waals surface area contributed by atoms with Crippen molar-refractivity contribution in [1.29, 1.82) is 0 Å². The Kier molecular flexibility index (Phi) is 7.62. The summed E-state index contributed by atoms with van der Waals surface area (Å²) in [5.74, 6) is 0.631. The van der Waals surface area contributed by atoms with Crippen LogP contribution < -0.4 is 9.64 Å². The normalized spacial score (nSPS) is 11.0. The highest BCUT2D eigenvalue weighted by molar-refractivity contribution is 7.22. The fraction of sp³-hybridized carbons (Fsp3) is 0.190. The highest BCUT2D eigenvalue weighted by Crippen LogP contribution is 2.34. The molecule has 0 aliphatic carbocycles. The molecule has 0 fully saturated rings. The van der Waals surface area contributed by atoms with Gasteiger partial charge in [0.05, 0.1) is 18.1 Å². The highest BCUT2D eigenvalue weighted by atomic mass is 35.5. The maximum absolute atomic E-state index is 13.0. The molecule has 3 aromatic heterocycles. The number of carbonyl (C=O) groups is 1. The fourth-order valence-electron chi connectivity index (χ4n) is 2.95. The zero-order chi connectivity index (χ0) is 20.1. The minimum atomic E-state index is -0.0814. The van der Waals surface area contributed by atoms with Crippen LogP contribution in [-0.2, 0) is 11.3 Å². The van der Waals surface area contributed by atoms with Crippen molar-refractivity contribution in [1.82, 2.24) is 14.5 Å². The molecule has 1 amide bonds. The molecule has 156 valence electrons. The van der Waals surface area contributed by atoms with Gasteiger partial charge in [-0.1, -0.05) is 23.5 Å². The third-order valence-electron chi connectivity index (χ3n) is 4.38. The Morgan fingerprint density at radius 2 is 2.20 bits per heavy atom. The number of ether oxygens (including phenoxy) is 1. The van der Waals surface area contributed by atoms with Crippen LogP contribution in [0.4, 0.5) is 5.13 Å². The maximum atomic E-state index is 13.0. The van der Waals surface area contributed by atoms with Crippen molar-refractivity contribution in [2.24, 2.45) is 0 Å². The number of halogens is 1. The summed E-state index contributed by atoms with van der Waals surface area (Å²) in [6.07, 6.45) is 9.72. The second-order valence-corrected chi connectivity index (χ2v) is 8.28. The van der Waals surface area contributed by atoms with E-state index in [0.29, 0.717) is 17.4 Å². The summed E-state index contributed by atoms with van der Waals surface area (Å²) >= 11 is 3.10. The third-order valence-corrected chi connectivity index (χ3v) is 6.26. The van der Waals surface area contributed by atoms with E-state index in [4.69, 9.17) is 9.72 Å². The summed E-state index contributed by atoms with van der Waals surface area (Å²) in [7, 11) is 1.63. The van der Waals surface area contributed by atoms with Crippen LogP contribution in [0.5, 0.6) is 5.75 Å². The first-order valence-electron chi connectivity index (χ1n) is 9.17. The highest BCUT2D eigenvalue weighted by Gasteiger charge is 2.19. The number of aryl methyl sites for hydroxylation is 1. The molecule has 4 rings (SSSR count). The van der Waals surface area contributed by atoms with Crippen molar-refractivity contribution in [3.05, 3.63) is 65.4 Å². The third kappa shape index (κ3) is 5.08. The van der Waals surface area contributed by atoms with Crippen LogP contribution in [0.2, 0.25) is 0 Å². The van der Waals surface area contributed by atoms with Crippen molar-refractivity contribution in [3.8, 4) is 5.75 Å². The van der Waals surface area contributed by atoms with Crippen LogP contribution in [0.15, 0.2) is 60.5 Å². The van der Waals surface area contributed by atoms with Gasteiger partial charge in [0.15, 0.2) is 5.13 Å². The molecule has 4 aromatic rings. The summed E-state index contributed by atoms with van der Waals surface area (Å²) in [5, 5.41) is 2.67. The van der Waals surface area contributed by atoms with Crippen LogP contribution in [0.1, 0.15) is 11.3 Å². The summed E-state index contributed by atoms with van der Waals surface area (Å²) in [6.45, 7) is 1.35. The number of imidazole rings is 1. The SMILES string of the molecule is COc1cccc2sc(N(CCCn3ccnc3)C(=O)/C=C/c3cccs3)nc12.Cl. The van der Waals surface area contributed by atoms with Crippen LogP contribution in [0.3, 0.4) is 0 Å². The van der Waals surface area contributed by atoms with Gasteiger partial charge in [-0.05, 0) is 36.1 Å². The second kappa shape index (κ2) is 10.4. The Balaban J connectivity index is 0.00000256. The van der Waals surface area contributed by atoms with Crippen LogP contribution >= 0.6 is 35.1 Å². The molecule has 0 atom stereocenters. The Hall–Kier alpha value is -2.68. The van der Waals surface area contributed by atoms with Crippen LogP contribution in [0, 0.1) is 0 Å². The van der Waals surface area contributed by atoms with E-state index in [9.17, 15) is 4.79 Å². The molecule has 1 aromatic carbocycles. The number of hydrogen-bond acceptors (Lipinski definition) is 6. The Labute approximate surface area is 188 Å². The number of para-hydroxylation sites is 1. The van der Waals surface area contributed by atoms with Gasteiger partial charge in [-0.2, -0.15) is 0 Å². The molecule has 0 radical (unpaired) electrons. The van der Waals surface area contributed by atoms with Crippen molar-refractivity contribution in [2.45, 2.75) is 13.0 Å². The molecule has 30 heavy (non-hydrogen) atoms. The molecule has 6 nitrogen and oxygen atoms in total. The quantitative estimate of drug-likeness (QED) is 0.342. The molecular formula is C21H21ClN4O2S2. The van der Waals surface area contributed by atoms with Crippen LogP contribution in [-0.4, -0.2) is 34.1 Å². The van der Waals surface area contributed by atoms with Gasteiger partial charge in [0.25, 0.3) is 5.91 Å². The lowest BCUT2D eigenvalue weighted by molar-refractivity contribution is -0.114. The largest absolute Gasteiger partial charge is 0.494 e. The predicted molar refractivity (Wildman–Crippen MR) is 126 cm³/mol. The second-order valence-electron chi connectivity index (χ2n) is 6.30.